The summed E-state index contributed by atoms with van der Waals surface area (Å²) in [5, 5.41) is 4.00. The van der Waals surface area contributed by atoms with Gasteiger partial charge in [0.25, 0.3) is 0 Å². The summed E-state index contributed by atoms with van der Waals surface area (Å²) < 4.78 is 0. The van der Waals surface area contributed by atoms with Crippen molar-refractivity contribution >= 4 is 23.4 Å². The molecule has 0 unspecified atom stereocenters. The number of carbonyl (C=O) groups is 2. The molecule has 0 bridgehead atoms. The van der Waals surface area contributed by atoms with E-state index in [9.17, 15) is 9.59 Å². The Kier molecular flexibility index (Phi) is 5.90. The third-order valence-electron chi connectivity index (χ3n) is 7.40. The number of amides is 2. The molecule has 3 aliphatic heterocycles. The van der Waals surface area contributed by atoms with Gasteiger partial charge in [0.2, 0.25) is 11.8 Å². The van der Waals surface area contributed by atoms with E-state index in [2.05, 4.69) is 24.1 Å². The molecular formula is C23H32ClN3O2. The van der Waals surface area contributed by atoms with Crippen molar-refractivity contribution in [2.45, 2.75) is 57.5 Å². The Balaban J connectivity index is 1.39. The number of carbonyl (C=O) groups excluding carboxylic acids is 2. The predicted molar refractivity (Wildman–Crippen MR) is 115 cm³/mol. The van der Waals surface area contributed by atoms with Gasteiger partial charge in [0.15, 0.2) is 0 Å². The standard InChI is InChI=1S/C23H32ClN3O2/c1-3-6-16(2)27-14-18-19(15-27)23(25-22(18)29)9-11-26(12-10-23)21(28)13-17-7-4-5-8-20(17)24/h4-5,7-8,16,18-19H,3,6,9-15H2,1-2H3,(H,25,29)/t16-,18-,19+/m1/s1. The first kappa shape index (κ1) is 20.7. The zero-order chi connectivity index (χ0) is 20.6. The Morgan fingerprint density at radius 2 is 2.00 bits per heavy atom. The Hall–Kier alpha value is -1.59. The van der Waals surface area contributed by atoms with Crippen molar-refractivity contribution < 1.29 is 9.59 Å². The lowest BCUT2D eigenvalue weighted by atomic mass is 9.75. The smallest absolute Gasteiger partial charge is 0.227 e. The molecule has 2 amide bonds. The van der Waals surface area contributed by atoms with Crippen LogP contribution in [0.5, 0.6) is 0 Å². The van der Waals surface area contributed by atoms with Gasteiger partial charge in [-0.15, -0.1) is 0 Å². The molecule has 3 fully saturated rings. The van der Waals surface area contributed by atoms with Crippen molar-refractivity contribution in [3.63, 3.8) is 0 Å². The molecule has 6 heteroatoms. The lowest BCUT2D eigenvalue weighted by Gasteiger charge is -2.43. The van der Waals surface area contributed by atoms with Crippen molar-refractivity contribution in [1.82, 2.24) is 15.1 Å². The number of piperidine rings is 1. The quantitative estimate of drug-likeness (QED) is 0.800. The van der Waals surface area contributed by atoms with Gasteiger partial charge in [-0.05, 0) is 37.8 Å². The van der Waals surface area contributed by atoms with Crippen LogP contribution in [0.3, 0.4) is 0 Å². The van der Waals surface area contributed by atoms with E-state index in [1.165, 1.54) is 12.8 Å². The first-order chi connectivity index (χ1) is 13.9. The van der Waals surface area contributed by atoms with Gasteiger partial charge in [0.05, 0.1) is 12.3 Å². The van der Waals surface area contributed by atoms with Crippen LogP contribution in [0.2, 0.25) is 5.02 Å². The second-order valence-corrected chi connectivity index (χ2v) is 9.51. The highest BCUT2D eigenvalue weighted by Gasteiger charge is 2.57. The number of benzene rings is 1. The van der Waals surface area contributed by atoms with E-state index in [4.69, 9.17) is 11.6 Å². The predicted octanol–water partition coefficient (Wildman–Crippen LogP) is 3.11. The summed E-state index contributed by atoms with van der Waals surface area (Å²) in [6, 6.07) is 8.08. The normalized spacial score (nSPS) is 27.1. The largest absolute Gasteiger partial charge is 0.350 e. The minimum Gasteiger partial charge on any atom is -0.350 e. The second kappa shape index (κ2) is 8.27. The third kappa shape index (κ3) is 3.91. The van der Waals surface area contributed by atoms with Crippen LogP contribution in [0, 0.1) is 11.8 Å². The van der Waals surface area contributed by atoms with Crippen LogP contribution in [0.15, 0.2) is 24.3 Å². The highest BCUT2D eigenvalue weighted by Crippen LogP contribution is 2.44. The third-order valence-corrected chi connectivity index (χ3v) is 7.77. The Labute approximate surface area is 178 Å². The maximum absolute atomic E-state index is 12.8. The van der Waals surface area contributed by atoms with E-state index in [0.717, 1.165) is 31.5 Å². The first-order valence-corrected chi connectivity index (χ1v) is 11.4. The van der Waals surface area contributed by atoms with Gasteiger partial charge < -0.3 is 10.2 Å². The minimum absolute atomic E-state index is 0.111. The summed E-state index contributed by atoms with van der Waals surface area (Å²) in [7, 11) is 0. The topological polar surface area (TPSA) is 52.7 Å². The molecule has 0 saturated carbocycles. The molecule has 1 aromatic rings. The molecule has 5 nitrogen and oxygen atoms in total. The van der Waals surface area contributed by atoms with Gasteiger partial charge in [-0.25, -0.2) is 0 Å². The van der Waals surface area contributed by atoms with Crippen LogP contribution < -0.4 is 5.32 Å². The zero-order valence-corrected chi connectivity index (χ0v) is 18.3. The average Bonchev–Trinajstić information content (AvgIpc) is 3.25. The second-order valence-electron chi connectivity index (χ2n) is 9.10. The van der Waals surface area contributed by atoms with Gasteiger partial charge in [0, 0.05) is 48.7 Å². The molecule has 158 valence electrons. The molecule has 1 N–H and O–H groups in total. The molecule has 0 aromatic heterocycles. The summed E-state index contributed by atoms with van der Waals surface area (Å²) in [5.74, 6) is 0.824. The van der Waals surface area contributed by atoms with Crippen molar-refractivity contribution in [1.29, 1.82) is 0 Å². The van der Waals surface area contributed by atoms with Gasteiger partial charge >= 0.3 is 0 Å². The van der Waals surface area contributed by atoms with E-state index < -0.39 is 0 Å². The summed E-state index contributed by atoms with van der Waals surface area (Å²) in [6.07, 6.45) is 4.40. The maximum Gasteiger partial charge on any atom is 0.227 e. The SMILES string of the molecule is CCC[C@@H](C)N1C[C@H]2C(=O)NC3(CCN(C(=O)Cc4ccccc4Cl)CC3)[C@H]2C1. The molecule has 29 heavy (non-hydrogen) atoms. The Morgan fingerprint density at radius 3 is 2.69 bits per heavy atom. The average molecular weight is 418 g/mol. The Morgan fingerprint density at radius 1 is 1.28 bits per heavy atom. The highest BCUT2D eigenvalue weighted by atomic mass is 35.5. The number of hydrogen-bond donors (Lipinski definition) is 1. The molecule has 1 spiro atoms. The molecule has 4 rings (SSSR count). The van der Waals surface area contributed by atoms with Crippen LogP contribution in [-0.4, -0.2) is 59.4 Å². The number of nitrogens with zero attached hydrogens (tertiary/aromatic N) is 2. The number of likely N-dealkylation sites (tertiary alicyclic amines) is 2. The summed E-state index contributed by atoms with van der Waals surface area (Å²) in [5.41, 5.74) is 0.744. The molecular weight excluding hydrogens is 386 g/mol. The van der Waals surface area contributed by atoms with E-state index in [1.807, 2.05) is 29.2 Å². The lowest BCUT2D eigenvalue weighted by molar-refractivity contribution is -0.132. The minimum atomic E-state index is -0.135. The molecule has 0 aliphatic carbocycles. The fourth-order valence-corrected chi connectivity index (χ4v) is 5.82. The summed E-state index contributed by atoms with van der Waals surface area (Å²) in [4.78, 5) is 30.0. The maximum atomic E-state index is 12.8. The van der Waals surface area contributed by atoms with Crippen LogP contribution in [0.4, 0.5) is 0 Å². The van der Waals surface area contributed by atoms with Crippen LogP contribution in [0.1, 0.15) is 45.1 Å². The molecule has 3 saturated heterocycles. The fourth-order valence-electron chi connectivity index (χ4n) is 5.62. The lowest BCUT2D eigenvalue weighted by Crippen LogP contribution is -2.56. The summed E-state index contributed by atoms with van der Waals surface area (Å²) >= 11 is 6.22. The fraction of sp³-hybridized carbons (Fsp3) is 0.652. The number of rotatable bonds is 5. The molecule has 3 aliphatic rings. The van der Waals surface area contributed by atoms with Crippen molar-refractivity contribution in [3.8, 4) is 0 Å². The molecule has 1 aromatic carbocycles. The van der Waals surface area contributed by atoms with E-state index in [0.29, 0.717) is 36.5 Å². The monoisotopic (exact) mass is 417 g/mol. The molecule has 3 heterocycles. The summed E-state index contributed by atoms with van der Waals surface area (Å²) in [6.45, 7) is 7.80. The molecule has 3 atom stereocenters. The molecule has 0 radical (unpaired) electrons. The van der Waals surface area contributed by atoms with Gasteiger partial charge in [-0.1, -0.05) is 43.1 Å². The van der Waals surface area contributed by atoms with E-state index in [-0.39, 0.29) is 23.3 Å². The zero-order valence-electron chi connectivity index (χ0n) is 17.5. The highest BCUT2D eigenvalue weighted by molar-refractivity contribution is 6.31. The van der Waals surface area contributed by atoms with Gasteiger partial charge in [-0.3, -0.25) is 14.5 Å². The number of halogens is 1. The van der Waals surface area contributed by atoms with Gasteiger partial charge in [-0.2, -0.15) is 0 Å². The number of hydrogen-bond acceptors (Lipinski definition) is 3. The van der Waals surface area contributed by atoms with E-state index >= 15 is 0 Å². The van der Waals surface area contributed by atoms with Crippen LogP contribution >= 0.6 is 11.6 Å². The van der Waals surface area contributed by atoms with E-state index in [1.54, 1.807) is 0 Å². The van der Waals surface area contributed by atoms with Crippen molar-refractivity contribution in [3.05, 3.63) is 34.9 Å². The first-order valence-electron chi connectivity index (χ1n) is 11.0. The van der Waals surface area contributed by atoms with Gasteiger partial charge in [0.1, 0.15) is 0 Å². The van der Waals surface area contributed by atoms with Crippen molar-refractivity contribution in [2.24, 2.45) is 11.8 Å². The van der Waals surface area contributed by atoms with Crippen molar-refractivity contribution in [2.75, 3.05) is 26.2 Å². The number of nitrogens with one attached hydrogen (secondary N) is 1. The number of fused-ring (bicyclic) bond motifs is 2. The van der Waals surface area contributed by atoms with Crippen LogP contribution in [0.25, 0.3) is 0 Å². The van der Waals surface area contributed by atoms with Crippen LogP contribution in [-0.2, 0) is 16.0 Å². The Bertz CT molecular complexity index is 775.